The molecule has 0 aliphatic heterocycles. The van der Waals surface area contributed by atoms with Crippen molar-refractivity contribution in [2.75, 3.05) is 0 Å². The standard InChI is InChI=1S/C15H18BrNO2/c1-10(2)13-7-12(16)3-4-14(13)19-9-11-5-6-18-15(11)8-17/h3-7,10H,8-9,17H2,1-2H3. The van der Waals surface area contributed by atoms with Crippen molar-refractivity contribution in [2.24, 2.45) is 5.73 Å². The van der Waals surface area contributed by atoms with Gasteiger partial charge in [-0.3, -0.25) is 0 Å². The SMILES string of the molecule is CC(C)c1cc(Br)ccc1OCc1ccoc1CN. The molecule has 4 heteroatoms. The minimum Gasteiger partial charge on any atom is -0.488 e. The highest BCUT2D eigenvalue weighted by molar-refractivity contribution is 9.10. The van der Waals surface area contributed by atoms with Gasteiger partial charge in [-0.2, -0.15) is 0 Å². The fourth-order valence-electron chi connectivity index (χ4n) is 1.93. The minimum absolute atomic E-state index is 0.392. The number of halogens is 1. The van der Waals surface area contributed by atoms with Gasteiger partial charge in [0.25, 0.3) is 0 Å². The van der Waals surface area contributed by atoms with E-state index < -0.39 is 0 Å². The Bertz CT molecular complexity index is 549. The Labute approximate surface area is 121 Å². The molecule has 0 saturated heterocycles. The van der Waals surface area contributed by atoms with Gasteiger partial charge in [-0.1, -0.05) is 29.8 Å². The summed E-state index contributed by atoms with van der Waals surface area (Å²) in [7, 11) is 0. The van der Waals surface area contributed by atoms with E-state index in [4.69, 9.17) is 14.9 Å². The number of benzene rings is 1. The number of rotatable bonds is 5. The molecular weight excluding hydrogens is 306 g/mol. The summed E-state index contributed by atoms with van der Waals surface area (Å²) in [6, 6.07) is 7.97. The molecule has 2 N–H and O–H groups in total. The molecule has 3 nitrogen and oxygen atoms in total. The number of hydrogen-bond acceptors (Lipinski definition) is 3. The Balaban J connectivity index is 2.15. The van der Waals surface area contributed by atoms with Crippen LogP contribution in [0.3, 0.4) is 0 Å². The molecule has 0 saturated carbocycles. The van der Waals surface area contributed by atoms with Crippen LogP contribution in [-0.2, 0) is 13.2 Å². The molecule has 1 heterocycles. The molecule has 2 rings (SSSR count). The molecule has 0 radical (unpaired) electrons. The maximum absolute atomic E-state index is 5.90. The van der Waals surface area contributed by atoms with Crippen LogP contribution in [0.1, 0.15) is 36.7 Å². The first-order valence-corrected chi connectivity index (χ1v) is 7.08. The van der Waals surface area contributed by atoms with Gasteiger partial charge in [0, 0.05) is 10.0 Å². The van der Waals surface area contributed by atoms with Crippen LogP contribution in [0.15, 0.2) is 39.4 Å². The second-order valence-corrected chi connectivity index (χ2v) is 5.61. The van der Waals surface area contributed by atoms with Crippen molar-refractivity contribution in [3.8, 4) is 5.75 Å². The van der Waals surface area contributed by atoms with Gasteiger partial charge >= 0.3 is 0 Å². The summed E-state index contributed by atoms with van der Waals surface area (Å²) < 4.78 is 12.3. The van der Waals surface area contributed by atoms with Gasteiger partial charge in [0.05, 0.1) is 12.8 Å². The lowest BCUT2D eigenvalue weighted by atomic mass is 10.0. The molecule has 102 valence electrons. The third-order valence-electron chi connectivity index (χ3n) is 3.00. The van der Waals surface area contributed by atoms with Crippen LogP contribution in [-0.4, -0.2) is 0 Å². The van der Waals surface area contributed by atoms with Gasteiger partial charge < -0.3 is 14.9 Å². The summed E-state index contributed by atoms with van der Waals surface area (Å²) in [6.45, 7) is 5.17. The van der Waals surface area contributed by atoms with E-state index in [0.29, 0.717) is 19.1 Å². The molecule has 0 bridgehead atoms. The fourth-order valence-corrected chi connectivity index (χ4v) is 2.31. The van der Waals surface area contributed by atoms with Crippen molar-refractivity contribution in [2.45, 2.75) is 32.9 Å². The zero-order chi connectivity index (χ0) is 13.8. The normalized spacial score (nSPS) is 11.0. The van der Waals surface area contributed by atoms with E-state index in [2.05, 4.69) is 35.8 Å². The Morgan fingerprint density at radius 2 is 2.11 bits per heavy atom. The predicted octanol–water partition coefficient (Wildman–Crippen LogP) is 4.20. The van der Waals surface area contributed by atoms with Crippen molar-refractivity contribution in [3.63, 3.8) is 0 Å². The van der Waals surface area contributed by atoms with Crippen LogP contribution >= 0.6 is 15.9 Å². The van der Waals surface area contributed by atoms with E-state index in [9.17, 15) is 0 Å². The molecule has 0 amide bonds. The van der Waals surface area contributed by atoms with E-state index in [-0.39, 0.29) is 0 Å². The van der Waals surface area contributed by atoms with E-state index in [0.717, 1.165) is 21.5 Å². The average molecular weight is 324 g/mol. The summed E-state index contributed by atoms with van der Waals surface area (Å²) in [6.07, 6.45) is 1.64. The second kappa shape index (κ2) is 6.26. The van der Waals surface area contributed by atoms with Crippen molar-refractivity contribution < 1.29 is 9.15 Å². The van der Waals surface area contributed by atoms with Gasteiger partial charge in [0.15, 0.2) is 0 Å². The van der Waals surface area contributed by atoms with E-state index in [1.165, 1.54) is 5.56 Å². The van der Waals surface area contributed by atoms with Gasteiger partial charge in [0.2, 0.25) is 0 Å². The minimum atomic E-state index is 0.392. The number of hydrogen-bond donors (Lipinski definition) is 1. The molecule has 2 aromatic rings. The predicted molar refractivity (Wildman–Crippen MR) is 79.2 cm³/mol. The first-order chi connectivity index (χ1) is 9.11. The molecular formula is C15H18BrNO2. The Hall–Kier alpha value is -1.26. The highest BCUT2D eigenvalue weighted by Crippen LogP contribution is 2.30. The zero-order valence-corrected chi connectivity index (χ0v) is 12.7. The molecule has 1 aromatic carbocycles. The summed E-state index contributed by atoms with van der Waals surface area (Å²) in [4.78, 5) is 0. The maximum atomic E-state index is 5.90. The van der Waals surface area contributed by atoms with Crippen LogP contribution in [0, 0.1) is 0 Å². The molecule has 0 aliphatic carbocycles. The molecule has 1 aromatic heterocycles. The molecule has 0 aliphatic rings. The monoisotopic (exact) mass is 323 g/mol. The van der Waals surface area contributed by atoms with Crippen LogP contribution in [0.25, 0.3) is 0 Å². The first kappa shape index (κ1) is 14.2. The third-order valence-corrected chi connectivity index (χ3v) is 3.49. The Kier molecular flexibility index (Phi) is 4.66. The lowest BCUT2D eigenvalue weighted by Gasteiger charge is -2.14. The van der Waals surface area contributed by atoms with E-state index in [1.807, 2.05) is 18.2 Å². The van der Waals surface area contributed by atoms with Gasteiger partial charge in [-0.15, -0.1) is 0 Å². The van der Waals surface area contributed by atoms with Crippen LogP contribution in [0.2, 0.25) is 0 Å². The lowest BCUT2D eigenvalue weighted by Crippen LogP contribution is -2.03. The summed E-state index contributed by atoms with van der Waals surface area (Å²) in [5.41, 5.74) is 7.79. The highest BCUT2D eigenvalue weighted by Gasteiger charge is 2.10. The van der Waals surface area contributed by atoms with E-state index >= 15 is 0 Å². The maximum Gasteiger partial charge on any atom is 0.123 e. The molecule has 0 fully saturated rings. The average Bonchev–Trinajstić information content (AvgIpc) is 2.84. The molecule has 19 heavy (non-hydrogen) atoms. The number of nitrogens with two attached hydrogens (primary N) is 1. The fraction of sp³-hybridized carbons (Fsp3) is 0.333. The largest absolute Gasteiger partial charge is 0.488 e. The summed E-state index contributed by atoms with van der Waals surface area (Å²) in [5.74, 6) is 2.09. The van der Waals surface area contributed by atoms with Crippen LogP contribution in [0.4, 0.5) is 0 Å². The van der Waals surface area contributed by atoms with Gasteiger partial charge in [-0.25, -0.2) is 0 Å². The Morgan fingerprint density at radius 1 is 1.32 bits per heavy atom. The first-order valence-electron chi connectivity index (χ1n) is 6.29. The van der Waals surface area contributed by atoms with Crippen molar-refractivity contribution >= 4 is 15.9 Å². The topological polar surface area (TPSA) is 48.4 Å². The third kappa shape index (κ3) is 3.39. The number of ether oxygens (including phenoxy) is 1. The van der Waals surface area contributed by atoms with Crippen molar-refractivity contribution in [3.05, 3.63) is 51.9 Å². The quantitative estimate of drug-likeness (QED) is 0.896. The van der Waals surface area contributed by atoms with Crippen molar-refractivity contribution in [1.82, 2.24) is 0 Å². The smallest absolute Gasteiger partial charge is 0.123 e. The van der Waals surface area contributed by atoms with Gasteiger partial charge in [-0.05, 0) is 35.7 Å². The summed E-state index contributed by atoms with van der Waals surface area (Å²) >= 11 is 3.49. The van der Waals surface area contributed by atoms with Crippen LogP contribution in [0.5, 0.6) is 5.75 Å². The second-order valence-electron chi connectivity index (χ2n) is 4.70. The molecule has 0 atom stereocenters. The highest BCUT2D eigenvalue weighted by atomic mass is 79.9. The number of furan rings is 1. The van der Waals surface area contributed by atoms with Crippen LogP contribution < -0.4 is 10.5 Å². The molecule has 0 spiro atoms. The summed E-state index contributed by atoms with van der Waals surface area (Å²) in [5, 5.41) is 0. The van der Waals surface area contributed by atoms with Crippen molar-refractivity contribution in [1.29, 1.82) is 0 Å². The zero-order valence-electron chi connectivity index (χ0n) is 11.2. The lowest BCUT2D eigenvalue weighted by molar-refractivity contribution is 0.298. The van der Waals surface area contributed by atoms with E-state index in [1.54, 1.807) is 6.26 Å². The molecule has 0 unspecified atom stereocenters. The Morgan fingerprint density at radius 3 is 2.79 bits per heavy atom. The van der Waals surface area contributed by atoms with Gasteiger partial charge in [0.1, 0.15) is 18.1 Å².